The van der Waals surface area contributed by atoms with Crippen LogP contribution < -0.4 is 25.6 Å². The number of anilines is 1. The van der Waals surface area contributed by atoms with Crippen molar-refractivity contribution < 1.29 is 14.3 Å². The first-order chi connectivity index (χ1) is 11.7. The lowest BCUT2D eigenvalue weighted by atomic mass is 10.0. The summed E-state index contributed by atoms with van der Waals surface area (Å²) in [5, 5.41) is 2.90. The van der Waals surface area contributed by atoms with Crippen molar-refractivity contribution in [1.82, 2.24) is 10.9 Å². The van der Waals surface area contributed by atoms with Crippen molar-refractivity contribution in [2.45, 2.75) is 18.5 Å². The zero-order valence-electron chi connectivity index (χ0n) is 13.7. The summed E-state index contributed by atoms with van der Waals surface area (Å²) in [5.41, 5.74) is 8.03. The van der Waals surface area contributed by atoms with Gasteiger partial charge in [-0.2, -0.15) is 0 Å². The van der Waals surface area contributed by atoms with Gasteiger partial charge in [0.2, 0.25) is 5.91 Å². The highest BCUT2D eigenvalue weighted by atomic mass is 16.5. The summed E-state index contributed by atoms with van der Waals surface area (Å²) < 4.78 is 10.4. The molecule has 6 heteroatoms. The summed E-state index contributed by atoms with van der Waals surface area (Å²) in [5.74, 6) is 1.16. The SMILES string of the molecule is COc1cc(NC(=O)C2CC(c3ccccc3)NN2)cc(OC)c1. The molecule has 2 unspecified atom stereocenters. The highest BCUT2D eigenvalue weighted by Crippen LogP contribution is 2.27. The van der Waals surface area contributed by atoms with Gasteiger partial charge in [-0.15, -0.1) is 0 Å². The molecule has 1 fully saturated rings. The Balaban J connectivity index is 1.66. The van der Waals surface area contributed by atoms with Gasteiger partial charge in [0.1, 0.15) is 17.5 Å². The minimum atomic E-state index is -0.313. The van der Waals surface area contributed by atoms with E-state index in [-0.39, 0.29) is 18.0 Å². The Labute approximate surface area is 141 Å². The summed E-state index contributed by atoms with van der Waals surface area (Å²) in [7, 11) is 3.15. The van der Waals surface area contributed by atoms with Crippen molar-refractivity contribution in [2.75, 3.05) is 19.5 Å². The highest BCUT2D eigenvalue weighted by Gasteiger charge is 2.30. The van der Waals surface area contributed by atoms with E-state index in [4.69, 9.17) is 9.47 Å². The van der Waals surface area contributed by atoms with Gasteiger partial charge in [-0.1, -0.05) is 30.3 Å². The predicted octanol–water partition coefficient (Wildman–Crippen LogP) is 2.25. The lowest BCUT2D eigenvalue weighted by Gasteiger charge is -2.13. The van der Waals surface area contributed by atoms with Crippen molar-refractivity contribution in [3.05, 3.63) is 54.1 Å². The molecule has 0 radical (unpaired) electrons. The normalized spacial score (nSPS) is 19.8. The van der Waals surface area contributed by atoms with Gasteiger partial charge < -0.3 is 14.8 Å². The summed E-state index contributed by atoms with van der Waals surface area (Å²) in [6, 6.07) is 15.1. The molecule has 0 aliphatic carbocycles. The standard InChI is InChI=1S/C18H21N3O3/c1-23-14-8-13(9-15(10-14)24-2)19-18(22)17-11-16(20-21-17)12-6-4-3-5-7-12/h3-10,16-17,20-21H,11H2,1-2H3,(H,19,22). The van der Waals surface area contributed by atoms with E-state index in [1.165, 1.54) is 0 Å². The lowest BCUT2D eigenvalue weighted by molar-refractivity contribution is -0.117. The van der Waals surface area contributed by atoms with E-state index < -0.39 is 0 Å². The number of nitrogens with one attached hydrogen (secondary N) is 3. The Hall–Kier alpha value is -2.57. The van der Waals surface area contributed by atoms with Crippen molar-refractivity contribution in [1.29, 1.82) is 0 Å². The smallest absolute Gasteiger partial charge is 0.242 e. The van der Waals surface area contributed by atoms with E-state index in [0.29, 0.717) is 23.6 Å². The maximum atomic E-state index is 12.5. The predicted molar refractivity (Wildman–Crippen MR) is 92.0 cm³/mol. The van der Waals surface area contributed by atoms with Gasteiger partial charge in [0.15, 0.2) is 0 Å². The molecule has 2 aromatic carbocycles. The number of methoxy groups -OCH3 is 2. The first-order valence-corrected chi connectivity index (χ1v) is 7.79. The summed E-state index contributed by atoms with van der Waals surface area (Å²) in [6.45, 7) is 0. The minimum Gasteiger partial charge on any atom is -0.497 e. The molecule has 24 heavy (non-hydrogen) atoms. The molecule has 0 saturated carbocycles. The molecule has 2 atom stereocenters. The van der Waals surface area contributed by atoms with Gasteiger partial charge >= 0.3 is 0 Å². The van der Waals surface area contributed by atoms with Crippen LogP contribution in [0.1, 0.15) is 18.0 Å². The van der Waals surface area contributed by atoms with Crippen LogP contribution in [-0.4, -0.2) is 26.2 Å². The maximum absolute atomic E-state index is 12.5. The fourth-order valence-corrected chi connectivity index (χ4v) is 2.74. The third kappa shape index (κ3) is 3.67. The fourth-order valence-electron chi connectivity index (χ4n) is 2.74. The zero-order valence-corrected chi connectivity index (χ0v) is 13.7. The third-order valence-corrected chi connectivity index (χ3v) is 4.04. The van der Waals surface area contributed by atoms with Gasteiger partial charge in [-0.25, -0.2) is 10.9 Å². The number of carbonyl (C=O) groups is 1. The van der Waals surface area contributed by atoms with Crippen LogP contribution in [0.2, 0.25) is 0 Å². The number of ether oxygens (including phenoxy) is 2. The molecule has 1 saturated heterocycles. The number of benzene rings is 2. The molecule has 0 bridgehead atoms. The second-order valence-corrected chi connectivity index (χ2v) is 5.63. The first kappa shape index (κ1) is 16.3. The molecule has 1 aliphatic rings. The number of hydrogen-bond acceptors (Lipinski definition) is 5. The quantitative estimate of drug-likeness (QED) is 0.786. The second kappa shape index (κ2) is 7.33. The molecule has 1 heterocycles. The van der Waals surface area contributed by atoms with Crippen molar-refractivity contribution >= 4 is 11.6 Å². The van der Waals surface area contributed by atoms with Crippen LogP contribution in [0.4, 0.5) is 5.69 Å². The molecule has 0 spiro atoms. The van der Waals surface area contributed by atoms with Crippen molar-refractivity contribution in [3.8, 4) is 11.5 Å². The van der Waals surface area contributed by atoms with Gasteiger partial charge in [0.25, 0.3) is 0 Å². The molecule has 126 valence electrons. The van der Waals surface area contributed by atoms with E-state index in [1.54, 1.807) is 32.4 Å². The number of hydrazine groups is 1. The fraction of sp³-hybridized carbons (Fsp3) is 0.278. The van der Waals surface area contributed by atoms with E-state index in [9.17, 15) is 4.79 Å². The minimum absolute atomic E-state index is 0.101. The number of carbonyl (C=O) groups excluding carboxylic acids is 1. The van der Waals surface area contributed by atoms with Crippen LogP contribution in [0.15, 0.2) is 48.5 Å². The summed E-state index contributed by atoms with van der Waals surface area (Å²) in [6.07, 6.45) is 0.678. The lowest BCUT2D eigenvalue weighted by Crippen LogP contribution is -2.39. The van der Waals surface area contributed by atoms with Gasteiger partial charge in [0, 0.05) is 29.9 Å². The molecule has 1 amide bonds. The molecule has 3 rings (SSSR count). The number of rotatable bonds is 5. The maximum Gasteiger partial charge on any atom is 0.242 e. The molecule has 1 aliphatic heterocycles. The molecule has 3 N–H and O–H groups in total. The topological polar surface area (TPSA) is 71.6 Å². The second-order valence-electron chi connectivity index (χ2n) is 5.63. The van der Waals surface area contributed by atoms with Crippen molar-refractivity contribution in [3.63, 3.8) is 0 Å². The summed E-state index contributed by atoms with van der Waals surface area (Å²) >= 11 is 0. The van der Waals surface area contributed by atoms with Gasteiger partial charge in [0.05, 0.1) is 14.2 Å². The average Bonchev–Trinajstić information content (AvgIpc) is 3.12. The molecule has 0 aromatic heterocycles. The van der Waals surface area contributed by atoms with Crippen LogP contribution in [0.5, 0.6) is 11.5 Å². The van der Waals surface area contributed by atoms with Crippen LogP contribution in [0.3, 0.4) is 0 Å². The third-order valence-electron chi connectivity index (χ3n) is 4.04. The van der Waals surface area contributed by atoms with Crippen LogP contribution in [0.25, 0.3) is 0 Å². The van der Waals surface area contributed by atoms with Crippen LogP contribution >= 0.6 is 0 Å². The van der Waals surface area contributed by atoms with Crippen LogP contribution in [0, 0.1) is 0 Å². The number of amides is 1. The molecule has 6 nitrogen and oxygen atoms in total. The van der Waals surface area contributed by atoms with Gasteiger partial charge in [-0.3, -0.25) is 4.79 Å². The first-order valence-electron chi connectivity index (χ1n) is 7.79. The van der Waals surface area contributed by atoms with Gasteiger partial charge in [-0.05, 0) is 12.0 Å². The van der Waals surface area contributed by atoms with Crippen molar-refractivity contribution in [2.24, 2.45) is 0 Å². The largest absolute Gasteiger partial charge is 0.497 e. The monoisotopic (exact) mass is 327 g/mol. The van der Waals surface area contributed by atoms with Crippen LogP contribution in [-0.2, 0) is 4.79 Å². The highest BCUT2D eigenvalue weighted by molar-refractivity contribution is 5.95. The van der Waals surface area contributed by atoms with E-state index in [2.05, 4.69) is 16.2 Å². The Morgan fingerprint density at radius 3 is 2.33 bits per heavy atom. The van der Waals surface area contributed by atoms with E-state index in [0.717, 1.165) is 5.56 Å². The van der Waals surface area contributed by atoms with E-state index in [1.807, 2.05) is 30.3 Å². The molecular formula is C18H21N3O3. The molecule has 2 aromatic rings. The average molecular weight is 327 g/mol. The molecular weight excluding hydrogens is 306 g/mol. The number of hydrogen-bond donors (Lipinski definition) is 3. The Morgan fingerprint density at radius 2 is 1.71 bits per heavy atom. The Kier molecular flexibility index (Phi) is 4.98. The summed E-state index contributed by atoms with van der Waals surface area (Å²) in [4.78, 5) is 12.5. The Bertz CT molecular complexity index is 684. The Morgan fingerprint density at radius 1 is 1.04 bits per heavy atom. The van der Waals surface area contributed by atoms with E-state index >= 15 is 0 Å². The zero-order chi connectivity index (χ0) is 16.9.